The van der Waals surface area contributed by atoms with Gasteiger partial charge in [0.25, 0.3) is 5.91 Å². The summed E-state index contributed by atoms with van der Waals surface area (Å²) in [5.41, 5.74) is 3.23. The van der Waals surface area contributed by atoms with Crippen LogP contribution in [-0.2, 0) is 14.6 Å². The molecule has 190 valence electrons. The molecule has 0 bridgehead atoms. The molecular formula is C27H29ClN2O5S. The number of nitrogens with one attached hydrogen (secondary N) is 2. The molecule has 3 rings (SSSR count). The Morgan fingerprint density at radius 1 is 0.917 bits per heavy atom. The summed E-state index contributed by atoms with van der Waals surface area (Å²) < 4.78 is 26.6. The summed E-state index contributed by atoms with van der Waals surface area (Å²) in [6, 6.07) is 14.1. The van der Waals surface area contributed by atoms with Gasteiger partial charge in [0.15, 0.2) is 9.84 Å². The minimum absolute atomic E-state index is 0.0270. The number of carbonyl (C=O) groups excluding carboxylic acids is 2. The fourth-order valence-electron chi connectivity index (χ4n) is 3.61. The van der Waals surface area contributed by atoms with Crippen LogP contribution in [-0.4, -0.2) is 30.6 Å². The molecule has 0 aliphatic carbocycles. The van der Waals surface area contributed by atoms with Crippen molar-refractivity contribution in [2.45, 2.75) is 50.7 Å². The zero-order valence-electron chi connectivity index (χ0n) is 20.6. The Morgan fingerprint density at radius 3 is 2.19 bits per heavy atom. The molecule has 0 aliphatic heterocycles. The van der Waals surface area contributed by atoms with Crippen molar-refractivity contribution in [2.24, 2.45) is 0 Å². The van der Waals surface area contributed by atoms with Gasteiger partial charge < -0.3 is 15.7 Å². The van der Waals surface area contributed by atoms with Crippen molar-refractivity contribution < 1.29 is 23.1 Å². The highest BCUT2D eigenvalue weighted by atomic mass is 35.5. The van der Waals surface area contributed by atoms with Gasteiger partial charge in [-0.05, 0) is 68.7 Å². The Bertz CT molecular complexity index is 1400. The number of aryl methyl sites for hydroxylation is 3. The summed E-state index contributed by atoms with van der Waals surface area (Å²) in [7, 11) is -3.98. The predicted octanol–water partition coefficient (Wildman–Crippen LogP) is 5.80. The largest absolute Gasteiger partial charge is 0.506 e. The van der Waals surface area contributed by atoms with Gasteiger partial charge in [-0.25, -0.2) is 8.42 Å². The summed E-state index contributed by atoms with van der Waals surface area (Å²) in [5.74, 6) is -1.53. The third-order valence-corrected chi connectivity index (χ3v) is 8.35. The predicted molar refractivity (Wildman–Crippen MR) is 143 cm³/mol. The number of phenols is 1. The third kappa shape index (κ3) is 6.06. The van der Waals surface area contributed by atoms with E-state index in [1.165, 1.54) is 18.2 Å². The van der Waals surface area contributed by atoms with Gasteiger partial charge in [0.2, 0.25) is 5.91 Å². The molecule has 0 saturated heterocycles. The van der Waals surface area contributed by atoms with Gasteiger partial charge >= 0.3 is 0 Å². The van der Waals surface area contributed by atoms with Crippen LogP contribution in [0.1, 0.15) is 46.8 Å². The maximum Gasteiger partial charge on any atom is 0.255 e. The molecule has 36 heavy (non-hydrogen) atoms. The van der Waals surface area contributed by atoms with Crippen LogP contribution < -0.4 is 10.6 Å². The van der Waals surface area contributed by atoms with Crippen LogP contribution in [0.3, 0.4) is 0 Å². The first-order valence-corrected chi connectivity index (χ1v) is 13.4. The highest BCUT2D eigenvalue weighted by molar-refractivity contribution is 7.92. The number of sulfone groups is 1. The topological polar surface area (TPSA) is 113 Å². The van der Waals surface area contributed by atoms with Crippen LogP contribution in [0.4, 0.5) is 11.4 Å². The zero-order chi connectivity index (χ0) is 26.6. The Hall–Kier alpha value is -3.36. The third-order valence-electron chi connectivity index (χ3n) is 5.93. The molecule has 0 saturated carbocycles. The molecule has 1 atom stereocenters. The highest BCUT2D eigenvalue weighted by Gasteiger charge is 2.34. The number of hydrogen-bond donors (Lipinski definition) is 3. The maximum atomic E-state index is 13.3. The van der Waals surface area contributed by atoms with Gasteiger partial charge in [-0.3, -0.25) is 9.59 Å². The smallest absolute Gasteiger partial charge is 0.255 e. The molecule has 0 spiro atoms. The van der Waals surface area contributed by atoms with Crippen LogP contribution in [0.5, 0.6) is 5.75 Å². The van der Waals surface area contributed by atoms with Crippen molar-refractivity contribution in [3.8, 4) is 5.75 Å². The molecule has 2 amide bonds. The molecule has 0 heterocycles. The van der Waals surface area contributed by atoms with E-state index in [4.69, 9.17) is 11.6 Å². The maximum absolute atomic E-state index is 13.3. The monoisotopic (exact) mass is 528 g/mol. The van der Waals surface area contributed by atoms with E-state index in [1.807, 2.05) is 20.8 Å². The van der Waals surface area contributed by atoms with Gasteiger partial charge in [0.05, 0.1) is 21.3 Å². The Balaban J connectivity index is 1.84. The molecule has 3 aromatic carbocycles. The van der Waals surface area contributed by atoms with Crippen LogP contribution in [0.25, 0.3) is 0 Å². The summed E-state index contributed by atoms with van der Waals surface area (Å²) in [5, 5.41) is 14.3. The quantitative estimate of drug-likeness (QED) is 0.320. The SMILES string of the molecule is CCCC(C(=O)Nc1cc(O)c(NC(=O)c2ccc(C)cc2)cc1Cl)S(=O)(=O)c1ccc(C)c(C)c1. The van der Waals surface area contributed by atoms with Gasteiger partial charge in [0.1, 0.15) is 11.0 Å². The number of phenolic OH excluding ortho intramolecular Hbond substituents is 1. The van der Waals surface area contributed by atoms with E-state index in [2.05, 4.69) is 10.6 Å². The average Bonchev–Trinajstić information content (AvgIpc) is 2.82. The van der Waals surface area contributed by atoms with E-state index in [9.17, 15) is 23.1 Å². The first-order valence-electron chi connectivity index (χ1n) is 11.5. The molecular weight excluding hydrogens is 500 g/mol. The number of rotatable bonds is 8. The van der Waals surface area contributed by atoms with Crippen molar-refractivity contribution in [1.82, 2.24) is 0 Å². The number of amides is 2. The Kier molecular flexibility index (Phi) is 8.43. The van der Waals surface area contributed by atoms with Crippen LogP contribution in [0, 0.1) is 20.8 Å². The average molecular weight is 529 g/mol. The van der Waals surface area contributed by atoms with E-state index < -0.39 is 26.9 Å². The summed E-state index contributed by atoms with van der Waals surface area (Å²) in [6.07, 6.45) is 0.570. The number of halogens is 1. The molecule has 0 radical (unpaired) electrons. The normalized spacial score (nSPS) is 12.1. The Labute approximate surface area is 216 Å². The molecule has 7 nitrogen and oxygen atoms in total. The van der Waals surface area contributed by atoms with Crippen LogP contribution in [0.15, 0.2) is 59.5 Å². The van der Waals surface area contributed by atoms with Crippen molar-refractivity contribution in [3.05, 3.63) is 81.9 Å². The fraction of sp³-hybridized carbons (Fsp3) is 0.259. The summed E-state index contributed by atoms with van der Waals surface area (Å²) in [4.78, 5) is 25.7. The lowest BCUT2D eigenvalue weighted by atomic mass is 10.1. The minimum atomic E-state index is -3.98. The molecule has 1 unspecified atom stereocenters. The van der Waals surface area contributed by atoms with Crippen molar-refractivity contribution in [2.75, 3.05) is 10.6 Å². The molecule has 0 aliphatic rings. The van der Waals surface area contributed by atoms with E-state index >= 15 is 0 Å². The summed E-state index contributed by atoms with van der Waals surface area (Å²) >= 11 is 6.32. The number of anilines is 2. The summed E-state index contributed by atoms with van der Waals surface area (Å²) in [6.45, 7) is 7.38. The standard InChI is InChI=1S/C27H29ClN2O5S/c1-5-6-25(36(34,35)20-12-9-17(3)18(4)13-20)27(33)29-22-15-24(31)23(14-21(22)28)30-26(32)19-10-7-16(2)8-11-19/h7-15,25,31H,5-6H2,1-4H3,(H,29,33)(H,30,32). The number of hydrogen-bond acceptors (Lipinski definition) is 5. The fourth-order valence-corrected chi connectivity index (χ4v) is 5.64. The minimum Gasteiger partial charge on any atom is -0.506 e. The second-order valence-corrected chi connectivity index (χ2v) is 11.3. The second kappa shape index (κ2) is 11.1. The van der Waals surface area contributed by atoms with E-state index in [1.54, 1.807) is 43.3 Å². The van der Waals surface area contributed by atoms with Gasteiger partial charge in [-0.2, -0.15) is 0 Å². The van der Waals surface area contributed by atoms with Gasteiger partial charge in [-0.1, -0.05) is 48.7 Å². The first-order chi connectivity index (χ1) is 16.9. The van der Waals surface area contributed by atoms with Crippen molar-refractivity contribution >= 4 is 44.6 Å². The van der Waals surface area contributed by atoms with E-state index in [-0.39, 0.29) is 33.5 Å². The van der Waals surface area contributed by atoms with Crippen molar-refractivity contribution in [1.29, 1.82) is 0 Å². The second-order valence-electron chi connectivity index (χ2n) is 8.73. The van der Waals surface area contributed by atoms with Gasteiger partial charge in [-0.15, -0.1) is 0 Å². The van der Waals surface area contributed by atoms with E-state index in [0.717, 1.165) is 16.7 Å². The molecule has 0 fully saturated rings. The Morgan fingerprint density at radius 2 is 1.58 bits per heavy atom. The number of benzene rings is 3. The zero-order valence-corrected chi connectivity index (χ0v) is 22.1. The highest BCUT2D eigenvalue weighted by Crippen LogP contribution is 2.35. The lowest BCUT2D eigenvalue weighted by Crippen LogP contribution is -2.35. The molecule has 3 aromatic rings. The number of carbonyl (C=O) groups is 2. The van der Waals surface area contributed by atoms with E-state index in [0.29, 0.717) is 12.0 Å². The lowest BCUT2D eigenvalue weighted by molar-refractivity contribution is -0.115. The van der Waals surface area contributed by atoms with Crippen LogP contribution in [0.2, 0.25) is 5.02 Å². The molecule has 9 heteroatoms. The van der Waals surface area contributed by atoms with Crippen molar-refractivity contribution in [3.63, 3.8) is 0 Å². The molecule has 3 N–H and O–H groups in total. The van der Waals surface area contributed by atoms with Crippen LogP contribution >= 0.6 is 11.6 Å². The first kappa shape index (κ1) is 27.2. The molecule has 0 aromatic heterocycles. The lowest BCUT2D eigenvalue weighted by Gasteiger charge is -2.19. The number of aromatic hydroxyl groups is 1. The van der Waals surface area contributed by atoms with Gasteiger partial charge in [0, 0.05) is 11.6 Å².